The summed E-state index contributed by atoms with van der Waals surface area (Å²) in [6, 6.07) is 13.6. The molecule has 0 spiro atoms. The summed E-state index contributed by atoms with van der Waals surface area (Å²) in [7, 11) is 4.31. The average molecular weight is 791 g/mol. The summed E-state index contributed by atoms with van der Waals surface area (Å²) in [5.74, 6) is -0.360. The molecule has 4 aromatic rings. The molecule has 7 rings (SSSR count). The van der Waals surface area contributed by atoms with Crippen LogP contribution in [0.3, 0.4) is 0 Å². The number of anilines is 2. The molecule has 2 aliphatic heterocycles. The number of rotatable bonds is 10. The second-order valence-corrected chi connectivity index (χ2v) is 15.7. The van der Waals surface area contributed by atoms with Crippen molar-refractivity contribution in [2.24, 2.45) is 0 Å². The Morgan fingerprint density at radius 2 is 1.70 bits per heavy atom. The van der Waals surface area contributed by atoms with Gasteiger partial charge in [-0.1, -0.05) is 37.5 Å². The number of imide groups is 1. The van der Waals surface area contributed by atoms with Crippen molar-refractivity contribution in [3.63, 3.8) is 0 Å². The quantitative estimate of drug-likeness (QED) is 0.142. The van der Waals surface area contributed by atoms with Crippen LogP contribution in [0.25, 0.3) is 5.65 Å². The lowest BCUT2D eigenvalue weighted by molar-refractivity contribution is -0.141. The molecule has 15 heteroatoms. The third kappa shape index (κ3) is 11.3. The van der Waals surface area contributed by atoms with Gasteiger partial charge in [-0.25, -0.2) is 9.97 Å². The van der Waals surface area contributed by atoms with Gasteiger partial charge in [0.05, 0.1) is 11.8 Å². The van der Waals surface area contributed by atoms with Crippen LogP contribution in [0.5, 0.6) is 5.75 Å². The number of halogens is 3. The molecule has 3 aromatic heterocycles. The Morgan fingerprint density at radius 1 is 0.965 bits per heavy atom. The first-order chi connectivity index (χ1) is 27.2. The largest absolute Gasteiger partial charge is 0.489 e. The molecule has 12 nitrogen and oxygen atoms in total. The van der Waals surface area contributed by atoms with Crippen molar-refractivity contribution in [3.8, 4) is 5.75 Å². The molecule has 306 valence electrons. The Morgan fingerprint density at radius 3 is 2.39 bits per heavy atom. The van der Waals surface area contributed by atoms with E-state index in [1.165, 1.54) is 43.7 Å². The molecule has 57 heavy (non-hydrogen) atoms. The number of ether oxygens (including phenoxy) is 1. The van der Waals surface area contributed by atoms with Gasteiger partial charge in [-0.05, 0) is 103 Å². The Bertz CT molecular complexity index is 2020. The first kappa shape index (κ1) is 41.6. The van der Waals surface area contributed by atoms with E-state index in [0.717, 1.165) is 56.0 Å². The molecule has 1 unspecified atom stereocenters. The number of hydrogen-bond donors (Lipinski definition) is 3. The fourth-order valence-electron chi connectivity index (χ4n) is 7.63. The fourth-order valence-corrected chi connectivity index (χ4v) is 7.63. The summed E-state index contributed by atoms with van der Waals surface area (Å²) in [6.07, 6.45) is 8.00. The SMILES string of the molecule is CC(C)Oc1cc2nc(C3CCCCC3)cn2cc1NC(=O)c1cccc(C(F)(F)F)n1.CN(C)C1CCN(Cc2cccc(NC3CCC(=O)NC3=O)c2)CC1. The van der Waals surface area contributed by atoms with Crippen LogP contribution in [0.2, 0.25) is 0 Å². The molecule has 5 heterocycles. The van der Waals surface area contributed by atoms with Crippen molar-refractivity contribution in [1.82, 2.24) is 29.5 Å². The van der Waals surface area contributed by atoms with Crippen LogP contribution in [-0.4, -0.2) is 87.3 Å². The summed E-state index contributed by atoms with van der Waals surface area (Å²) in [5, 5.41) is 8.30. The molecule has 1 aliphatic carbocycles. The number of benzene rings is 1. The molecule has 1 aromatic carbocycles. The molecule has 2 saturated heterocycles. The molecule has 3 N–H and O–H groups in total. The number of carbonyl (C=O) groups excluding carboxylic acids is 3. The van der Waals surface area contributed by atoms with Crippen LogP contribution in [0.15, 0.2) is 60.9 Å². The van der Waals surface area contributed by atoms with Crippen molar-refractivity contribution >= 4 is 34.7 Å². The third-order valence-corrected chi connectivity index (χ3v) is 10.7. The second kappa shape index (κ2) is 18.5. The highest BCUT2D eigenvalue weighted by Gasteiger charge is 2.33. The molecule has 1 saturated carbocycles. The number of fused-ring (bicyclic) bond motifs is 1. The number of aromatic nitrogens is 3. The van der Waals surface area contributed by atoms with E-state index in [0.29, 0.717) is 41.9 Å². The van der Waals surface area contributed by atoms with E-state index in [4.69, 9.17) is 9.72 Å². The smallest absolute Gasteiger partial charge is 0.433 e. The molecule has 3 amide bonds. The van der Waals surface area contributed by atoms with Gasteiger partial charge in [0.25, 0.3) is 5.91 Å². The lowest BCUT2D eigenvalue weighted by atomic mass is 9.87. The highest BCUT2D eigenvalue weighted by Crippen LogP contribution is 2.34. The van der Waals surface area contributed by atoms with E-state index in [9.17, 15) is 27.6 Å². The van der Waals surface area contributed by atoms with Crippen LogP contribution in [0.1, 0.15) is 105 Å². The van der Waals surface area contributed by atoms with Crippen LogP contribution < -0.4 is 20.7 Å². The van der Waals surface area contributed by atoms with Crippen molar-refractivity contribution in [3.05, 3.63) is 83.6 Å². The molecular weight excluding hydrogens is 738 g/mol. The maximum Gasteiger partial charge on any atom is 0.433 e. The first-order valence-electron chi connectivity index (χ1n) is 19.8. The van der Waals surface area contributed by atoms with E-state index < -0.39 is 17.8 Å². The van der Waals surface area contributed by atoms with Crippen LogP contribution in [0, 0.1) is 0 Å². The minimum absolute atomic E-state index is 0.174. The summed E-state index contributed by atoms with van der Waals surface area (Å²) < 4.78 is 46.6. The second-order valence-electron chi connectivity index (χ2n) is 15.7. The minimum Gasteiger partial charge on any atom is -0.489 e. The highest BCUT2D eigenvalue weighted by atomic mass is 19.4. The number of carbonyl (C=O) groups is 3. The predicted molar refractivity (Wildman–Crippen MR) is 212 cm³/mol. The number of alkyl halides is 3. The minimum atomic E-state index is -4.63. The van der Waals surface area contributed by atoms with Crippen molar-refractivity contribution in [1.29, 1.82) is 0 Å². The number of hydrogen-bond acceptors (Lipinski definition) is 9. The number of nitrogens with zero attached hydrogens (tertiary/aromatic N) is 5. The molecular formula is C42H53F3N8O4. The molecule has 0 bridgehead atoms. The lowest BCUT2D eigenvalue weighted by Crippen LogP contribution is -2.47. The Kier molecular flexibility index (Phi) is 13.5. The number of piperidine rings is 2. The van der Waals surface area contributed by atoms with Crippen LogP contribution in [-0.2, 0) is 22.3 Å². The van der Waals surface area contributed by atoms with Gasteiger partial charge in [-0.15, -0.1) is 0 Å². The van der Waals surface area contributed by atoms with Crippen molar-refractivity contribution < 1.29 is 32.3 Å². The van der Waals surface area contributed by atoms with E-state index in [1.54, 1.807) is 12.3 Å². The van der Waals surface area contributed by atoms with Gasteiger partial charge in [0.15, 0.2) is 0 Å². The van der Waals surface area contributed by atoms with Crippen molar-refractivity contribution in [2.45, 2.75) is 108 Å². The van der Waals surface area contributed by atoms with Crippen LogP contribution >= 0.6 is 0 Å². The maximum absolute atomic E-state index is 13.0. The molecule has 3 fully saturated rings. The normalized spacial score (nSPS) is 18.6. The predicted octanol–water partition coefficient (Wildman–Crippen LogP) is 7.27. The number of likely N-dealkylation sites (tertiary alicyclic amines) is 1. The first-order valence-corrected chi connectivity index (χ1v) is 19.8. The van der Waals surface area contributed by atoms with Crippen molar-refractivity contribution in [2.75, 3.05) is 37.8 Å². The van der Waals surface area contributed by atoms with E-state index in [1.807, 2.05) is 36.6 Å². The van der Waals surface area contributed by atoms with Gasteiger partial charge >= 0.3 is 6.18 Å². The Labute approximate surface area is 331 Å². The van der Waals surface area contributed by atoms with Crippen LogP contribution in [0.4, 0.5) is 24.5 Å². The highest BCUT2D eigenvalue weighted by molar-refractivity contribution is 6.04. The number of imidazole rings is 1. The molecule has 0 radical (unpaired) electrons. The Balaban J connectivity index is 0.000000199. The van der Waals surface area contributed by atoms with Gasteiger partial charge in [0, 0.05) is 49.1 Å². The monoisotopic (exact) mass is 790 g/mol. The topological polar surface area (TPSA) is 133 Å². The summed E-state index contributed by atoms with van der Waals surface area (Å²) in [6.45, 7) is 6.87. The van der Waals surface area contributed by atoms with E-state index >= 15 is 0 Å². The van der Waals surface area contributed by atoms with Gasteiger partial charge in [0.1, 0.15) is 34.5 Å². The average Bonchev–Trinajstić information content (AvgIpc) is 3.59. The zero-order chi connectivity index (χ0) is 40.7. The lowest BCUT2D eigenvalue weighted by Gasteiger charge is -2.35. The van der Waals surface area contributed by atoms with Gasteiger partial charge in [0.2, 0.25) is 11.8 Å². The zero-order valence-electron chi connectivity index (χ0n) is 33.1. The van der Waals surface area contributed by atoms with E-state index in [-0.39, 0.29) is 29.7 Å². The van der Waals surface area contributed by atoms with Gasteiger partial charge in [-0.3, -0.25) is 24.6 Å². The summed E-state index contributed by atoms with van der Waals surface area (Å²) in [5.41, 5.74) is 2.77. The standard InChI is InChI=1S/C23H25F3N4O2.C19H28N4O2/c1-14(2)32-19-11-21-28-17(15-7-4-3-5-8-15)12-30(21)13-18(19)29-22(31)16-9-6-10-20(27-16)23(24,25)26;1-22(2)16-8-10-23(11-9-16)13-14-4-3-5-15(12-14)20-17-6-7-18(24)21-19(17)25/h6,9-15H,3-5,7-8H2,1-2H3,(H,29,31);3-5,12,16-17,20H,6-11,13H2,1-2H3,(H,21,24,25). The zero-order valence-corrected chi connectivity index (χ0v) is 33.1. The number of nitrogens with one attached hydrogen (secondary N) is 3. The fraction of sp³-hybridized carbons (Fsp3) is 0.500. The van der Waals surface area contributed by atoms with Gasteiger partial charge in [-0.2, -0.15) is 13.2 Å². The van der Waals surface area contributed by atoms with Gasteiger partial charge < -0.3 is 24.7 Å². The third-order valence-electron chi connectivity index (χ3n) is 10.7. The number of amides is 3. The maximum atomic E-state index is 13.0. The molecule has 3 aliphatic rings. The van der Waals surface area contributed by atoms with E-state index in [2.05, 4.69) is 57.0 Å². The Hall–Kier alpha value is -5.02. The summed E-state index contributed by atoms with van der Waals surface area (Å²) >= 11 is 0. The number of pyridine rings is 2. The summed E-state index contributed by atoms with van der Waals surface area (Å²) in [4.78, 5) is 48.9. The molecule has 1 atom stereocenters.